The third-order valence-corrected chi connectivity index (χ3v) is 11.7. The summed E-state index contributed by atoms with van der Waals surface area (Å²) in [7, 11) is 1.40. The van der Waals surface area contributed by atoms with Gasteiger partial charge in [-0.25, -0.2) is 4.57 Å². The molecule has 0 aliphatic heterocycles. The number of likely N-dealkylation sites (N-methyl/N-ethyl adjacent to an activating group) is 1. The van der Waals surface area contributed by atoms with Crippen LogP contribution in [0.2, 0.25) is 0 Å². The van der Waals surface area contributed by atoms with Gasteiger partial charge in [0, 0.05) is 24.7 Å². The summed E-state index contributed by atoms with van der Waals surface area (Å²) in [5, 5.41) is 34.5. The van der Waals surface area contributed by atoms with Gasteiger partial charge < -0.3 is 30.0 Å². The number of nitrogens with zero attached hydrogens (tertiary/aromatic N) is 1. The van der Waals surface area contributed by atoms with Crippen molar-refractivity contribution in [3.63, 3.8) is 0 Å². The van der Waals surface area contributed by atoms with E-state index in [0.29, 0.717) is 36.7 Å². The molecule has 1 saturated carbocycles. The summed E-state index contributed by atoms with van der Waals surface area (Å²) in [6.07, 6.45) is 31.3. The maximum atomic E-state index is 13.0. The summed E-state index contributed by atoms with van der Waals surface area (Å²) in [6, 6.07) is -0.951. The van der Waals surface area contributed by atoms with Gasteiger partial charge >= 0.3 is 7.82 Å². The van der Waals surface area contributed by atoms with Crippen molar-refractivity contribution in [2.24, 2.45) is 11.8 Å². The van der Waals surface area contributed by atoms with Crippen molar-refractivity contribution in [3.05, 3.63) is 36.5 Å². The lowest BCUT2D eigenvalue weighted by molar-refractivity contribution is -0.870. The number of unbranched alkanes of at least 4 members (excludes halogenated alkanes) is 16. The number of phosphoric ester groups is 1. The smallest absolute Gasteiger partial charge is 0.392 e. The van der Waals surface area contributed by atoms with Gasteiger partial charge in [0.15, 0.2) is 0 Å². The van der Waals surface area contributed by atoms with Crippen molar-refractivity contribution in [2.75, 3.05) is 40.9 Å². The zero-order valence-corrected chi connectivity index (χ0v) is 37.4. The van der Waals surface area contributed by atoms with Crippen LogP contribution in [0.15, 0.2) is 36.5 Å². The highest BCUT2D eigenvalue weighted by Crippen LogP contribution is 2.43. The van der Waals surface area contributed by atoms with Gasteiger partial charge in [-0.3, -0.25) is 18.6 Å². The fourth-order valence-electron chi connectivity index (χ4n) is 7.02. The predicted molar refractivity (Wildman–Crippen MR) is 232 cm³/mol. The van der Waals surface area contributed by atoms with Crippen LogP contribution in [-0.4, -0.2) is 102 Å². The average Bonchev–Trinajstić information content (AvgIpc) is 3.42. The minimum absolute atomic E-state index is 0.0121. The molecule has 0 aromatic rings. The van der Waals surface area contributed by atoms with Crippen molar-refractivity contribution in [2.45, 2.75) is 186 Å². The molecular weight excluding hydrogens is 743 g/mol. The first-order valence-corrected chi connectivity index (χ1v) is 24.0. The van der Waals surface area contributed by atoms with E-state index in [2.05, 4.69) is 19.2 Å². The number of amides is 1. The minimum atomic E-state index is -4.41. The number of aliphatic hydroxyl groups is 3. The Labute approximate surface area is 347 Å². The molecule has 1 rings (SSSR count). The Bertz CT molecular complexity index is 1190. The summed E-state index contributed by atoms with van der Waals surface area (Å²) >= 11 is 0. The van der Waals surface area contributed by atoms with Gasteiger partial charge in [0.25, 0.3) is 0 Å². The number of carbonyl (C=O) groups excluding carboxylic acids is 2. The number of aliphatic hydroxyl groups excluding tert-OH is 3. The number of hydrogen-bond donors (Lipinski definition) is 5. The van der Waals surface area contributed by atoms with E-state index in [-0.39, 0.29) is 43.0 Å². The molecule has 7 atom stereocenters. The number of Topliss-reactive ketones (excluding diaryl/α,β-unsaturated/α-hetero) is 1. The largest absolute Gasteiger partial charge is 0.472 e. The summed E-state index contributed by atoms with van der Waals surface area (Å²) < 4.78 is 23.5. The molecule has 0 aromatic carbocycles. The molecule has 1 fully saturated rings. The van der Waals surface area contributed by atoms with Gasteiger partial charge in [-0.2, -0.15) is 0 Å². The van der Waals surface area contributed by atoms with Gasteiger partial charge in [-0.05, 0) is 38.5 Å². The first-order chi connectivity index (χ1) is 27.2. The number of carbonyl (C=O) groups is 2. The van der Waals surface area contributed by atoms with Crippen LogP contribution >= 0.6 is 7.82 Å². The SMILES string of the molecule is CCCCCCCCCCCCCCC/C=C/[C@@H](O)[C@H](COP(=O)(O)OCC[N+](C)(C)C)NC(=O)CCC/C=C\C[C@H]1C(=O)C[C@@H](O)[C@@H]1/C=C/[C@@H](O)CCCCC. The highest BCUT2D eigenvalue weighted by molar-refractivity contribution is 7.47. The molecule has 5 N–H and O–H groups in total. The van der Waals surface area contributed by atoms with Crippen molar-refractivity contribution in [1.82, 2.24) is 5.32 Å². The second kappa shape index (κ2) is 32.1. The van der Waals surface area contributed by atoms with Crippen LogP contribution in [-0.2, 0) is 23.2 Å². The molecule has 0 bridgehead atoms. The van der Waals surface area contributed by atoms with Gasteiger partial charge in [0.2, 0.25) is 5.91 Å². The average molecular weight is 828 g/mol. The molecule has 12 heteroatoms. The van der Waals surface area contributed by atoms with E-state index in [9.17, 15) is 34.4 Å². The molecule has 0 heterocycles. The Hall–Kier alpha value is -1.69. The van der Waals surface area contributed by atoms with E-state index in [4.69, 9.17) is 9.05 Å². The number of rotatable bonds is 36. The topological polar surface area (TPSA) is 163 Å². The summed E-state index contributed by atoms with van der Waals surface area (Å²) in [5.74, 6) is -0.993. The van der Waals surface area contributed by atoms with Crippen molar-refractivity contribution in [1.29, 1.82) is 0 Å². The minimum Gasteiger partial charge on any atom is -0.392 e. The molecule has 1 aliphatic carbocycles. The summed E-state index contributed by atoms with van der Waals surface area (Å²) in [4.78, 5) is 35.8. The van der Waals surface area contributed by atoms with Crippen LogP contribution in [0.1, 0.15) is 162 Å². The molecule has 0 spiro atoms. The van der Waals surface area contributed by atoms with Gasteiger partial charge in [-0.15, -0.1) is 0 Å². The Morgan fingerprint density at radius 3 is 2.02 bits per heavy atom. The molecule has 11 nitrogen and oxygen atoms in total. The number of allylic oxidation sites excluding steroid dienone is 3. The first kappa shape index (κ1) is 53.3. The lowest BCUT2D eigenvalue weighted by Crippen LogP contribution is -2.45. The van der Waals surface area contributed by atoms with Crippen LogP contribution in [0.3, 0.4) is 0 Å². The van der Waals surface area contributed by atoms with Crippen LogP contribution < -0.4 is 5.32 Å². The maximum Gasteiger partial charge on any atom is 0.472 e. The Kier molecular flexibility index (Phi) is 30.1. The molecular formula is C45H84N2O9P+. The molecule has 1 aliphatic rings. The monoisotopic (exact) mass is 828 g/mol. The van der Waals surface area contributed by atoms with Crippen LogP contribution in [0, 0.1) is 11.8 Å². The Morgan fingerprint density at radius 2 is 1.40 bits per heavy atom. The molecule has 332 valence electrons. The summed E-state index contributed by atoms with van der Waals surface area (Å²) in [5.41, 5.74) is 0. The van der Waals surface area contributed by atoms with Crippen LogP contribution in [0.4, 0.5) is 0 Å². The second-order valence-electron chi connectivity index (χ2n) is 17.2. The van der Waals surface area contributed by atoms with Crippen molar-refractivity contribution in [3.8, 4) is 0 Å². The molecule has 1 amide bonds. The van der Waals surface area contributed by atoms with Gasteiger partial charge in [-0.1, -0.05) is 147 Å². The van der Waals surface area contributed by atoms with Gasteiger partial charge in [0.05, 0.1) is 52.1 Å². The van der Waals surface area contributed by atoms with E-state index in [1.807, 2.05) is 39.4 Å². The lowest BCUT2D eigenvalue weighted by atomic mass is 9.90. The Balaban J connectivity index is 2.58. The van der Waals surface area contributed by atoms with E-state index in [0.717, 1.165) is 38.5 Å². The maximum absolute atomic E-state index is 13.0. The van der Waals surface area contributed by atoms with E-state index >= 15 is 0 Å². The lowest BCUT2D eigenvalue weighted by Gasteiger charge is -2.25. The zero-order chi connectivity index (χ0) is 42.4. The normalized spacial score (nSPS) is 20.5. The van der Waals surface area contributed by atoms with E-state index in [1.165, 1.54) is 70.6 Å². The highest BCUT2D eigenvalue weighted by atomic mass is 31.2. The highest BCUT2D eigenvalue weighted by Gasteiger charge is 2.39. The third kappa shape index (κ3) is 28.4. The first-order valence-electron chi connectivity index (χ1n) is 22.5. The predicted octanol–water partition coefficient (Wildman–Crippen LogP) is 8.89. The molecule has 57 heavy (non-hydrogen) atoms. The van der Waals surface area contributed by atoms with Crippen molar-refractivity contribution >= 4 is 19.5 Å². The number of quaternary nitrogens is 1. The number of phosphoric acid groups is 1. The molecule has 0 saturated heterocycles. The summed E-state index contributed by atoms with van der Waals surface area (Å²) in [6.45, 7) is 4.46. The zero-order valence-electron chi connectivity index (χ0n) is 36.5. The second-order valence-corrected chi connectivity index (χ2v) is 18.7. The van der Waals surface area contributed by atoms with Crippen LogP contribution in [0.25, 0.3) is 0 Å². The standard InChI is InChI=1S/C45H83N2O9P/c1-6-8-10-11-12-13-14-15-16-17-18-19-20-21-26-30-42(49)41(37-56-57(53,54)55-35-34-47(3,4)5)46-45(52)31-27-23-22-25-29-39-40(44(51)36-43(39)50)33-32-38(48)28-24-9-7-2/h22,25-26,30,32-33,38-42,44,48-49,51H,6-21,23-24,27-29,31,34-37H2,1-5H3,(H-,46,52,53,54)/p+1/b25-22-,30-26+,33-32+/t38-,39+,40+,41-,42+,44+/m0/s1. The van der Waals surface area contributed by atoms with Crippen molar-refractivity contribution < 1.29 is 47.9 Å². The third-order valence-electron chi connectivity index (χ3n) is 10.7. The molecule has 0 radical (unpaired) electrons. The fraction of sp³-hybridized carbons (Fsp3) is 0.822. The number of ketones is 1. The fourth-order valence-corrected chi connectivity index (χ4v) is 7.76. The van der Waals surface area contributed by atoms with E-state index in [1.54, 1.807) is 18.2 Å². The quantitative estimate of drug-likeness (QED) is 0.0180. The van der Waals surface area contributed by atoms with Crippen LogP contribution in [0.5, 0.6) is 0 Å². The Morgan fingerprint density at radius 1 is 0.825 bits per heavy atom. The number of nitrogens with one attached hydrogen (secondary N) is 1. The van der Waals surface area contributed by atoms with Gasteiger partial charge in [0.1, 0.15) is 18.9 Å². The number of hydrogen-bond acceptors (Lipinski definition) is 8. The molecule has 0 aromatic heterocycles. The molecule has 1 unspecified atom stereocenters. The van der Waals surface area contributed by atoms with E-state index < -0.39 is 38.8 Å².